The molecule has 0 bridgehead atoms. The number of amides is 1. The number of nitriles is 1. The summed E-state index contributed by atoms with van der Waals surface area (Å²) in [4.78, 5) is 11.5. The Labute approximate surface area is 105 Å². The molecule has 0 aromatic heterocycles. The zero-order chi connectivity index (χ0) is 12.8. The highest BCUT2D eigenvalue weighted by molar-refractivity contribution is 6.31. The first kappa shape index (κ1) is 13.5. The number of anilines is 1. The van der Waals surface area contributed by atoms with Gasteiger partial charge in [0, 0.05) is 18.2 Å². The van der Waals surface area contributed by atoms with Gasteiger partial charge in [0.1, 0.15) is 6.07 Å². The Morgan fingerprint density at radius 3 is 2.94 bits per heavy atom. The molecule has 0 heterocycles. The van der Waals surface area contributed by atoms with Crippen molar-refractivity contribution in [3.63, 3.8) is 0 Å². The minimum Gasteiger partial charge on any atom is -0.328 e. The van der Waals surface area contributed by atoms with Crippen molar-refractivity contribution in [2.75, 3.05) is 5.32 Å². The van der Waals surface area contributed by atoms with Crippen LogP contribution < -0.4 is 11.1 Å². The molecule has 1 amide bonds. The molecule has 5 heteroatoms. The summed E-state index contributed by atoms with van der Waals surface area (Å²) in [5, 5.41) is 11.9. The van der Waals surface area contributed by atoms with E-state index in [0.29, 0.717) is 29.1 Å². The van der Waals surface area contributed by atoms with E-state index in [1.807, 2.05) is 13.0 Å². The molecule has 1 aromatic carbocycles. The van der Waals surface area contributed by atoms with E-state index in [9.17, 15) is 4.79 Å². The number of halogens is 1. The average molecular weight is 252 g/mol. The Hall–Kier alpha value is -1.57. The fourth-order valence-electron chi connectivity index (χ4n) is 1.27. The van der Waals surface area contributed by atoms with Gasteiger partial charge in [0.15, 0.2) is 0 Å². The number of carbonyl (C=O) groups is 1. The van der Waals surface area contributed by atoms with Crippen LogP contribution in [0.2, 0.25) is 5.02 Å². The lowest BCUT2D eigenvalue weighted by Crippen LogP contribution is -2.19. The van der Waals surface area contributed by atoms with Gasteiger partial charge >= 0.3 is 0 Å². The second-order valence-electron chi connectivity index (χ2n) is 3.87. The maximum absolute atomic E-state index is 11.5. The van der Waals surface area contributed by atoms with E-state index in [4.69, 9.17) is 22.6 Å². The Kier molecular flexibility index (Phi) is 4.95. The second-order valence-corrected chi connectivity index (χ2v) is 4.28. The van der Waals surface area contributed by atoms with Crippen molar-refractivity contribution >= 4 is 23.2 Å². The van der Waals surface area contributed by atoms with Crippen LogP contribution >= 0.6 is 11.6 Å². The number of nitrogens with zero attached hydrogens (tertiary/aromatic N) is 1. The molecule has 0 saturated heterocycles. The lowest BCUT2D eigenvalue weighted by atomic mass is 10.1. The SMILES string of the molecule is CC(N)CCC(=O)Nc1ccc(Cl)c(C#N)c1. The molecule has 90 valence electrons. The van der Waals surface area contributed by atoms with Gasteiger partial charge in [-0.25, -0.2) is 0 Å². The molecule has 4 nitrogen and oxygen atoms in total. The minimum absolute atomic E-state index is 0.000590. The fourth-order valence-corrected chi connectivity index (χ4v) is 1.43. The summed E-state index contributed by atoms with van der Waals surface area (Å²) >= 11 is 5.78. The van der Waals surface area contributed by atoms with Crippen LogP contribution in [0.4, 0.5) is 5.69 Å². The summed E-state index contributed by atoms with van der Waals surface area (Å²) in [5.41, 5.74) is 6.47. The highest BCUT2D eigenvalue weighted by Gasteiger charge is 2.06. The second kappa shape index (κ2) is 6.24. The summed E-state index contributed by atoms with van der Waals surface area (Å²) in [7, 11) is 0. The summed E-state index contributed by atoms with van der Waals surface area (Å²) < 4.78 is 0. The molecule has 0 aliphatic heterocycles. The fraction of sp³-hybridized carbons (Fsp3) is 0.333. The van der Waals surface area contributed by atoms with Crippen LogP contribution in [0.5, 0.6) is 0 Å². The van der Waals surface area contributed by atoms with Crippen molar-refractivity contribution in [3.05, 3.63) is 28.8 Å². The van der Waals surface area contributed by atoms with E-state index < -0.39 is 0 Å². The van der Waals surface area contributed by atoms with Gasteiger partial charge in [0.2, 0.25) is 5.91 Å². The lowest BCUT2D eigenvalue weighted by molar-refractivity contribution is -0.116. The Bertz CT molecular complexity index is 452. The van der Waals surface area contributed by atoms with Gasteiger partial charge in [0.25, 0.3) is 0 Å². The number of benzene rings is 1. The van der Waals surface area contributed by atoms with Crippen LogP contribution in [-0.2, 0) is 4.79 Å². The maximum Gasteiger partial charge on any atom is 0.224 e. The third kappa shape index (κ3) is 4.43. The van der Waals surface area contributed by atoms with Crippen molar-refractivity contribution in [2.45, 2.75) is 25.8 Å². The van der Waals surface area contributed by atoms with E-state index in [-0.39, 0.29) is 11.9 Å². The van der Waals surface area contributed by atoms with Crippen molar-refractivity contribution in [3.8, 4) is 6.07 Å². The number of nitrogens with one attached hydrogen (secondary N) is 1. The number of carbonyl (C=O) groups excluding carboxylic acids is 1. The van der Waals surface area contributed by atoms with E-state index in [0.717, 1.165) is 0 Å². The van der Waals surface area contributed by atoms with E-state index in [1.54, 1.807) is 18.2 Å². The number of nitrogens with two attached hydrogens (primary N) is 1. The smallest absolute Gasteiger partial charge is 0.224 e. The summed E-state index contributed by atoms with van der Waals surface area (Å²) in [5.74, 6) is -0.117. The molecule has 3 N–H and O–H groups in total. The number of hydrogen-bond donors (Lipinski definition) is 2. The third-order valence-electron chi connectivity index (χ3n) is 2.20. The molecule has 0 saturated carbocycles. The topological polar surface area (TPSA) is 78.9 Å². The number of rotatable bonds is 4. The van der Waals surface area contributed by atoms with Gasteiger partial charge in [-0.05, 0) is 31.5 Å². The van der Waals surface area contributed by atoms with Gasteiger partial charge in [-0.1, -0.05) is 11.6 Å². The van der Waals surface area contributed by atoms with Crippen LogP contribution in [-0.4, -0.2) is 11.9 Å². The average Bonchev–Trinajstić information content (AvgIpc) is 2.29. The van der Waals surface area contributed by atoms with Gasteiger partial charge < -0.3 is 11.1 Å². The normalized spacial score (nSPS) is 11.6. The molecule has 17 heavy (non-hydrogen) atoms. The standard InChI is InChI=1S/C12H14ClN3O/c1-8(15)2-5-12(17)16-10-3-4-11(13)9(6-10)7-14/h3-4,6,8H,2,5,15H2,1H3,(H,16,17). The Balaban J connectivity index is 2.63. The maximum atomic E-state index is 11.5. The molecule has 1 atom stereocenters. The molecule has 1 unspecified atom stereocenters. The van der Waals surface area contributed by atoms with Crippen LogP contribution in [0.3, 0.4) is 0 Å². The monoisotopic (exact) mass is 251 g/mol. The molecule has 0 aliphatic carbocycles. The summed E-state index contributed by atoms with van der Waals surface area (Å²) in [6.07, 6.45) is 0.993. The minimum atomic E-state index is -0.117. The van der Waals surface area contributed by atoms with Gasteiger partial charge in [-0.15, -0.1) is 0 Å². The molecule has 0 aliphatic rings. The van der Waals surface area contributed by atoms with E-state index in [2.05, 4.69) is 5.32 Å². The van der Waals surface area contributed by atoms with E-state index >= 15 is 0 Å². The zero-order valence-electron chi connectivity index (χ0n) is 9.53. The van der Waals surface area contributed by atoms with Crippen LogP contribution in [0.15, 0.2) is 18.2 Å². The molecular weight excluding hydrogens is 238 g/mol. The van der Waals surface area contributed by atoms with E-state index in [1.165, 1.54) is 0 Å². The van der Waals surface area contributed by atoms with Crippen LogP contribution in [0, 0.1) is 11.3 Å². The van der Waals surface area contributed by atoms with Crippen molar-refractivity contribution in [1.82, 2.24) is 0 Å². The first-order valence-electron chi connectivity index (χ1n) is 5.28. The predicted octanol–water partition coefficient (Wildman–Crippen LogP) is 2.28. The molecular formula is C12H14ClN3O. The third-order valence-corrected chi connectivity index (χ3v) is 2.53. The zero-order valence-corrected chi connectivity index (χ0v) is 10.3. The van der Waals surface area contributed by atoms with Gasteiger partial charge in [0.05, 0.1) is 10.6 Å². The quantitative estimate of drug-likeness (QED) is 0.862. The van der Waals surface area contributed by atoms with Crippen molar-refractivity contribution < 1.29 is 4.79 Å². The molecule has 1 rings (SSSR count). The Morgan fingerprint density at radius 2 is 2.35 bits per heavy atom. The van der Waals surface area contributed by atoms with Crippen LogP contribution in [0.1, 0.15) is 25.3 Å². The molecule has 0 radical (unpaired) electrons. The first-order valence-corrected chi connectivity index (χ1v) is 5.66. The highest BCUT2D eigenvalue weighted by atomic mass is 35.5. The number of hydrogen-bond acceptors (Lipinski definition) is 3. The summed E-state index contributed by atoms with van der Waals surface area (Å²) in [6, 6.07) is 6.75. The predicted molar refractivity (Wildman–Crippen MR) is 67.7 cm³/mol. The first-order chi connectivity index (χ1) is 8.02. The molecule has 0 spiro atoms. The van der Waals surface area contributed by atoms with Crippen molar-refractivity contribution in [1.29, 1.82) is 5.26 Å². The molecule has 0 fully saturated rings. The van der Waals surface area contributed by atoms with Gasteiger partial charge in [-0.2, -0.15) is 5.26 Å². The van der Waals surface area contributed by atoms with Crippen LogP contribution in [0.25, 0.3) is 0 Å². The Morgan fingerprint density at radius 1 is 1.65 bits per heavy atom. The van der Waals surface area contributed by atoms with Crippen molar-refractivity contribution in [2.24, 2.45) is 5.73 Å². The summed E-state index contributed by atoms with van der Waals surface area (Å²) in [6.45, 7) is 1.85. The highest BCUT2D eigenvalue weighted by Crippen LogP contribution is 2.19. The van der Waals surface area contributed by atoms with Gasteiger partial charge in [-0.3, -0.25) is 4.79 Å². The lowest BCUT2D eigenvalue weighted by Gasteiger charge is -2.07. The molecule has 1 aromatic rings. The largest absolute Gasteiger partial charge is 0.328 e.